The zero-order chi connectivity index (χ0) is 25.2. The number of hydrogen-bond donors (Lipinski definition) is 1. The Hall–Kier alpha value is -3.95. The highest BCUT2D eigenvalue weighted by Gasteiger charge is 2.24. The zero-order valence-corrected chi connectivity index (χ0v) is 21.2. The summed E-state index contributed by atoms with van der Waals surface area (Å²) in [6, 6.07) is 16.0. The van der Waals surface area contributed by atoms with Crippen LogP contribution in [0.1, 0.15) is 12.0 Å². The molecular formula is C28H27N5O3S. The van der Waals surface area contributed by atoms with Gasteiger partial charge < -0.3 is 24.6 Å². The summed E-state index contributed by atoms with van der Waals surface area (Å²) >= 11 is 1.54. The minimum atomic E-state index is -0.105. The molecule has 4 heterocycles. The first-order chi connectivity index (χ1) is 18.2. The number of nitrogens with one attached hydrogen (secondary N) is 1. The van der Waals surface area contributed by atoms with Crippen molar-refractivity contribution in [3.05, 3.63) is 72.1 Å². The third-order valence-electron chi connectivity index (χ3n) is 6.63. The van der Waals surface area contributed by atoms with Gasteiger partial charge in [-0.25, -0.2) is 4.98 Å². The summed E-state index contributed by atoms with van der Waals surface area (Å²) in [6.45, 7) is 7.62. The van der Waals surface area contributed by atoms with E-state index < -0.39 is 0 Å². The highest BCUT2D eigenvalue weighted by atomic mass is 32.1. The summed E-state index contributed by atoms with van der Waals surface area (Å²) in [5, 5.41) is 5.31. The van der Waals surface area contributed by atoms with Gasteiger partial charge in [0.2, 0.25) is 17.7 Å². The van der Waals surface area contributed by atoms with Crippen molar-refractivity contribution in [2.45, 2.75) is 12.8 Å². The Morgan fingerprint density at radius 3 is 2.73 bits per heavy atom. The van der Waals surface area contributed by atoms with Gasteiger partial charge in [0, 0.05) is 36.6 Å². The second-order valence-electron chi connectivity index (χ2n) is 8.91. The first-order valence-electron chi connectivity index (χ1n) is 12.4. The summed E-state index contributed by atoms with van der Waals surface area (Å²) in [5.41, 5.74) is 4.75. The Bertz CT molecular complexity index is 1450. The third kappa shape index (κ3) is 4.75. The lowest BCUT2D eigenvalue weighted by Crippen LogP contribution is -2.36. The van der Waals surface area contributed by atoms with E-state index in [1.807, 2.05) is 41.8 Å². The van der Waals surface area contributed by atoms with Crippen molar-refractivity contribution in [2.75, 3.05) is 48.0 Å². The van der Waals surface area contributed by atoms with Crippen LogP contribution in [0.4, 0.5) is 23.0 Å². The first kappa shape index (κ1) is 23.4. The number of fused-ring (bicyclic) bond motifs is 2. The lowest BCUT2D eigenvalue weighted by molar-refractivity contribution is -0.114. The van der Waals surface area contributed by atoms with E-state index in [0.717, 1.165) is 66.3 Å². The minimum absolute atomic E-state index is 0.105. The van der Waals surface area contributed by atoms with Gasteiger partial charge in [0.25, 0.3) is 0 Å². The van der Waals surface area contributed by atoms with Gasteiger partial charge in [-0.3, -0.25) is 4.79 Å². The molecular weight excluding hydrogens is 486 g/mol. The van der Waals surface area contributed by atoms with Gasteiger partial charge in [-0.1, -0.05) is 12.6 Å². The normalized spacial score (nSPS) is 15.4. The molecule has 9 heteroatoms. The SMILES string of the molecule is C=CC(=O)N1CCCc2c(Oc3nc(Nc4ccc(N5CCOCC5)cc4)nc4ccsc34)cccc21. The van der Waals surface area contributed by atoms with Gasteiger partial charge in [-0.2, -0.15) is 4.98 Å². The van der Waals surface area contributed by atoms with Gasteiger partial charge in [-0.05, 0) is 66.8 Å². The standard InChI is InChI=1S/C28H27N5O3S/c1-2-25(34)33-13-4-5-21-23(33)6-3-7-24(21)36-27-26-22(12-18-37-26)30-28(31-27)29-19-8-10-20(11-9-19)32-14-16-35-17-15-32/h2-3,6-12,18H,1,4-5,13-17H2,(H,29,30,31). The second-order valence-corrected chi connectivity index (χ2v) is 9.83. The van der Waals surface area contributed by atoms with E-state index in [-0.39, 0.29) is 5.91 Å². The van der Waals surface area contributed by atoms with E-state index in [4.69, 9.17) is 19.4 Å². The fourth-order valence-electron chi connectivity index (χ4n) is 4.80. The topological polar surface area (TPSA) is 79.8 Å². The van der Waals surface area contributed by atoms with Crippen LogP contribution in [0, 0.1) is 0 Å². The lowest BCUT2D eigenvalue weighted by atomic mass is 10.0. The highest BCUT2D eigenvalue weighted by molar-refractivity contribution is 7.17. The molecule has 4 aromatic rings. The molecule has 0 unspecified atom stereocenters. The number of ether oxygens (including phenoxy) is 2. The van der Waals surface area contributed by atoms with Crippen molar-refractivity contribution in [2.24, 2.45) is 0 Å². The number of carbonyl (C=O) groups is 1. The van der Waals surface area contributed by atoms with E-state index in [1.165, 1.54) is 11.8 Å². The van der Waals surface area contributed by atoms with Crippen LogP contribution >= 0.6 is 11.3 Å². The number of aromatic nitrogens is 2. The molecule has 6 rings (SSSR count). The molecule has 2 aromatic heterocycles. The molecule has 37 heavy (non-hydrogen) atoms. The predicted molar refractivity (Wildman–Crippen MR) is 148 cm³/mol. The van der Waals surface area contributed by atoms with Crippen LogP contribution < -0.4 is 19.9 Å². The Labute approximate surface area is 219 Å². The largest absolute Gasteiger partial charge is 0.437 e. The quantitative estimate of drug-likeness (QED) is 0.340. The molecule has 0 spiro atoms. The first-order valence-corrected chi connectivity index (χ1v) is 13.3. The Morgan fingerprint density at radius 1 is 1.08 bits per heavy atom. The van der Waals surface area contributed by atoms with Gasteiger partial charge in [-0.15, -0.1) is 11.3 Å². The number of carbonyl (C=O) groups excluding carboxylic acids is 1. The maximum atomic E-state index is 12.4. The van der Waals surface area contributed by atoms with Crippen molar-refractivity contribution in [3.63, 3.8) is 0 Å². The molecule has 1 fully saturated rings. The Balaban J connectivity index is 1.28. The molecule has 0 bridgehead atoms. The van der Waals surface area contributed by atoms with Crippen LogP contribution in [-0.2, 0) is 16.0 Å². The smallest absolute Gasteiger partial charge is 0.250 e. The molecule has 2 aromatic carbocycles. The molecule has 1 saturated heterocycles. The van der Waals surface area contributed by atoms with E-state index in [0.29, 0.717) is 24.1 Å². The van der Waals surface area contributed by atoms with Gasteiger partial charge in [0.05, 0.1) is 24.4 Å². The number of benzene rings is 2. The van der Waals surface area contributed by atoms with Crippen molar-refractivity contribution in [1.82, 2.24) is 9.97 Å². The summed E-state index contributed by atoms with van der Waals surface area (Å²) in [5.74, 6) is 1.56. The van der Waals surface area contributed by atoms with E-state index in [2.05, 4.69) is 28.9 Å². The van der Waals surface area contributed by atoms with E-state index >= 15 is 0 Å². The number of amides is 1. The van der Waals surface area contributed by atoms with Gasteiger partial charge >= 0.3 is 0 Å². The Morgan fingerprint density at radius 2 is 1.92 bits per heavy atom. The Kier molecular flexibility index (Phi) is 6.46. The monoisotopic (exact) mass is 513 g/mol. The molecule has 2 aliphatic rings. The van der Waals surface area contributed by atoms with Crippen LogP contribution in [0.2, 0.25) is 0 Å². The van der Waals surface area contributed by atoms with Crippen LogP contribution in [0.25, 0.3) is 10.2 Å². The summed E-state index contributed by atoms with van der Waals surface area (Å²) < 4.78 is 12.8. The molecule has 0 saturated carbocycles. The molecule has 1 N–H and O–H groups in total. The van der Waals surface area contributed by atoms with Crippen LogP contribution in [0.3, 0.4) is 0 Å². The maximum Gasteiger partial charge on any atom is 0.250 e. The number of anilines is 4. The van der Waals surface area contributed by atoms with Crippen molar-refractivity contribution in [1.29, 1.82) is 0 Å². The molecule has 0 aliphatic carbocycles. The molecule has 1 amide bonds. The summed E-state index contributed by atoms with van der Waals surface area (Å²) in [6.07, 6.45) is 3.04. The fraction of sp³-hybridized carbons (Fsp3) is 0.250. The molecule has 0 radical (unpaired) electrons. The fourth-order valence-corrected chi connectivity index (χ4v) is 5.56. The number of thiophene rings is 1. The molecule has 2 aliphatic heterocycles. The van der Waals surface area contributed by atoms with Crippen molar-refractivity contribution in [3.8, 4) is 11.6 Å². The average Bonchev–Trinajstić information content (AvgIpc) is 3.42. The highest BCUT2D eigenvalue weighted by Crippen LogP contribution is 2.39. The second kappa shape index (κ2) is 10.2. The van der Waals surface area contributed by atoms with E-state index in [9.17, 15) is 4.79 Å². The van der Waals surface area contributed by atoms with Crippen molar-refractivity contribution < 1.29 is 14.3 Å². The van der Waals surface area contributed by atoms with Crippen molar-refractivity contribution >= 4 is 50.5 Å². The predicted octanol–water partition coefficient (Wildman–Crippen LogP) is 5.53. The number of nitrogens with zero attached hydrogens (tertiary/aromatic N) is 4. The minimum Gasteiger partial charge on any atom is -0.437 e. The summed E-state index contributed by atoms with van der Waals surface area (Å²) in [7, 11) is 0. The molecule has 188 valence electrons. The zero-order valence-electron chi connectivity index (χ0n) is 20.4. The molecule has 8 nitrogen and oxygen atoms in total. The van der Waals surface area contributed by atoms with Crippen LogP contribution in [0.15, 0.2) is 66.6 Å². The van der Waals surface area contributed by atoms with Crippen LogP contribution in [0.5, 0.6) is 11.6 Å². The number of hydrogen-bond acceptors (Lipinski definition) is 8. The maximum absolute atomic E-state index is 12.4. The third-order valence-corrected chi connectivity index (χ3v) is 7.52. The van der Waals surface area contributed by atoms with Gasteiger partial charge in [0.15, 0.2) is 0 Å². The number of morpholine rings is 1. The van der Waals surface area contributed by atoms with Crippen LogP contribution in [-0.4, -0.2) is 48.7 Å². The van der Waals surface area contributed by atoms with Gasteiger partial charge in [0.1, 0.15) is 10.4 Å². The summed E-state index contributed by atoms with van der Waals surface area (Å²) in [4.78, 5) is 25.9. The van der Waals surface area contributed by atoms with E-state index in [1.54, 1.807) is 16.2 Å². The lowest BCUT2D eigenvalue weighted by Gasteiger charge is -2.29. The number of rotatable bonds is 6. The average molecular weight is 514 g/mol. The molecule has 0 atom stereocenters.